The molecule has 0 aromatic carbocycles. The number of thiophene rings is 1. The zero-order valence-corrected chi connectivity index (χ0v) is 12.9. The fourth-order valence-corrected chi connectivity index (χ4v) is 3.99. The minimum Gasteiger partial charge on any atom is -0.419 e. The van der Waals surface area contributed by atoms with Crippen molar-refractivity contribution < 1.29 is 12.8 Å². The lowest BCUT2D eigenvalue weighted by Gasteiger charge is -2.30. The van der Waals surface area contributed by atoms with E-state index in [2.05, 4.69) is 10.2 Å². The van der Waals surface area contributed by atoms with Gasteiger partial charge in [-0.05, 0) is 30.8 Å². The van der Waals surface area contributed by atoms with Crippen LogP contribution in [-0.2, 0) is 16.6 Å². The summed E-state index contributed by atoms with van der Waals surface area (Å²) in [6.07, 6.45) is 1.41. The van der Waals surface area contributed by atoms with E-state index in [4.69, 9.17) is 9.56 Å². The van der Waals surface area contributed by atoms with Crippen LogP contribution >= 0.6 is 11.3 Å². The van der Waals surface area contributed by atoms with Crippen molar-refractivity contribution in [2.24, 2.45) is 5.14 Å². The maximum atomic E-state index is 11.4. The first-order chi connectivity index (χ1) is 10.0. The van der Waals surface area contributed by atoms with Crippen molar-refractivity contribution in [3.63, 3.8) is 0 Å². The van der Waals surface area contributed by atoms with Crippen molar-refractivity contribution in [2.75, 3.05) is 13.1 Å². The number of hydrogen-bond acceptors (Lipinski definition) is 7. The number of nitrogens with zero attached hydrogens (tertiary/aromatic N) is 3. The molecule has 1 aliphatic rings. The van der Waals surface area contributed by atoms with E-state index in [-0.39, 0.29) is 0 Å². The molecule has 0 saturated carbocycles. The highest BCUT2D eigenvalue weighted by Gasteiger charge is 2.28. The zero-order chi connectivity index (χ0) is 14.9. The Bertz CT molecular complexity index is 696. The van der Waals surface area contributed by atoms with Gasteiger partial charge in [0.05, 0.1) is 16.7 Å². The molecule has 2 aromatic rings. The van der Waals surface area contributed by atoms with Gasteiger partial charge >= 0.3 is 0 Å². The summed E-state index contributed by atoms with van der Waals surface area (Å²) in [7, 11) is -3.49. The van der Waals surface area contributed by atoms with Gasteiger partial charge in [0.2, 0.25) is 15.9 Å². The van der Waals surface area contributed by atoms with Gasteiger partial charge in [-0.3, -0.25) is 4.90 Å². The van der Waals surface area contributed by atoms with Crippen LogP contribution in [0.5, 0.6) is 0 Å². The van der Waals surface area contributed by atoms with E-state index in [0.29, 0.717) is 31.3 Å². The fraction of sp³-hybridized carbons (Fsp3) is 0.500. The number of nitrogens with two attached hydrogens (primary N) is 1. The molecule has 0 bridgehead atoms. The zero-order valence-electron chi connectivity index (χ0n) is 11.3. The van der Waals surface area contributed by atoms with Gasteiger partial charge in [-0.15, -0.1) is 21.5 Å². The molecule has 0 spiro atoms. The summed E-state index contributed by atoms with van der Waals surface area (Å²) < 4.78 is 28.5. The Labute approximate surface area is 126 Å². The fourth-order valence-electron chi connectivity index (χ4n) is 2.43. The summed E-state index contributed by atoms with van der Waals surface area (Å²) >= 11 is 1.53. The summed E-state index contributed by atoms with van der Waals surface area (Å²) in [4.78, 5) is 2.92. The smallest absolute Gasteiger partial charge is 0.257 e. The van der Waals surface area contributed by atoms with E-state index in [0.717, 1.165) is 17.8 Å². The molecule has 1 atom stereocenters. The largest absolute Gasteiger partial charge is 0.419 e. The van der Waals surface area contributed by atoms with Gasteiger partial charge in [0.1, 0.15) is 0 Å². The molecule has 1 saturated heterocycles. The number of sulfonamides is 1. The van der Waals surface area contributed by atoms with E-state index in [1.165, 1.54) is 11.3 Å². The summed E-state index contributed by atoms with van der Waals surface area (Å²) in [6.45, 7) is 1.67. The summed E-state index contributed by atoms with van der Waals surface area (Å²) in [6, 6.07) is 3.84. The Morgan fingerprint density at radius 1 is 1.48 bits per heavy atom. The Hall–Kier alpha value is -1.29. The second-order valence-corrected chi connectivity index (χ2v) is 7.86. The average molecular weight is 328 g/mol. The lowest BCUT2D eigenvalue weighted by Crippen LogP contribution is -2.44. The predicted molar refractivity (Wildman–Crippen MR) is 79.0 cm³/mol. The van der Waals surface area contributed by atoms with Crippen molar-refractivity contribution in [1.29, 1.82) is 0 Å². The lowest BCUT2D eigenvalue weighted by atomic mass is 10.1. The van der Waals surface area contributed by atoms with Crippen LogP contribution < -0.4 is 5.14 Å². The van der Waals surface area contributed by atoms with Gasteiger partial charge in [-0.25, -0.2) is 13.6 Å². The van der Waals surface area contributed by atoms with Crippen molar-refractivity contribution in [1.82, 2.24) is 15.1 Å². The summed E-state index contributed by atoms with van der Waals surface area (Å²) in [5.41, 5.74) is 0. The molecule has 7 nitrogen and oxygen atoms in total. The highest BCUT2D eigenvalue weighted by Crippen LogP contribution is 2.24. The van der Waals surface area contributed by atoms with E-state index in [1.807, 2.05) is 22.4 Å². The van der Waals surface area contributed by atoms with Gasteiger partial charge in [0.15, 0.2) is 0 Å². The summed E-state index contributed by atoms with van der Waals surface area (Å²) in [5, 5.41) is 14.7. The van der Waals surface area contributed by atoms with Crippen LogP contribution in [0.3, 0.4) is 0 Å². The molecule has 0 radical (unpaired) electrons. The highest BCUT2D eigenvalue weighted by atomic mass is 32.2. The first-order valence-electron chi connectivity index (χ1n) is 6.62. The normalized spacial score (nSPS) is 20.7. The molecule has 3 rings (SSSR count). The third-order valence-electron chi connectivity index (χ3n) is 3.48. The quantitative estimate of drug-likeness (QED) is 0.900. The number of piperidine rings is 1. The molecule has 0 amide bonds. The SMILES string of the molecule is NS(=O)(=O)[C@@H]1CCCN(Cc2nnc(-c3cccs3)o2)C1. The highest BCUT2D eigenvalue weighted by molar-refractivity contribution is 7.89. The van der Waals surface area contributed by atoms with Gasteiger partial charge < -0.3 is 4.42 Å². The Balaban J connectivity index is 1.67. The van der Waals surface area contributed by atoms with Gasteiger partial charge in [0.25, 0.3) is 5.89 Å². The van der Waals surface area contributed by atoms with Crippen LogP contribution in [0.1, 0.15) is 18.7 Å². The molecular weight excluding hydrogens is 312 g/mol. The molecule has 9 heteroatoms. The van der Waals surface area contributed by atoms with Crippen LogP contribution in [0.15, 0.2) is 21.9 Å². The van der Waals surface area contributed by atoms with Gasteiger partial charge in [-0.2, -0.15) is 0 Å². The van der Waals surface area contributed by atoms with E-state index in [9.17, 15) is 8.42 Å². The average Bonchev–Trinajstić information content (AvgIpc) is 3.08. The standard InChI is InChI=1S/C12H16N4O3S2/c13-21(17,18)9-3-1-5-16(7-9)8-11-14-15-12(19-11)10-4-2-6-20-10/h2,4,6,9H,1,3,5,7-8H2,(H2,13,17,18)/t9-/m1/s1. The first-order valence-corrected chi connectivity index (χ1v) is 9.11. The maximum Gasteiger partial charge on any atom is 0.257 e. The minimum atomic E-state index is -3.49. The Morgan fingerprint density at radius 2 is 2.33 bits per heavy atom. The molecule has 0 aliphatic carbocycles. The number of primary sulfonamides is 1. The van der Waals surface area contributed by atoms with Crippen molar-refractivity contribution in [2.45, 2.75) is 24.6 Å². The Morgan fingerprint density at radius 3 is 3.05 bits per heavy atom. The molecule has 3 heterocycles. The van der Waals surface area contributed by atoms with Crippen LogP contribution in [-0.4, -0.2) is 41.9 Å². The minimum absolute atomic E-state index is 0.412. The molecule has 2 N–H and O–H groups in total. The molecule has 114 valence electrons. The number of rotatable bonds is 4. The maximum absolute atomic E-state index is 11.4. The van der Waals surface area contributed by atoms with Crippen LogP contribution in [0, 0.1) is 0 Å². The molecule has 1 fully saturated rings. The molecular formula is C12H16N4O3S2. The van der Waals surface area contributed by atoms with E-state index < -0.39 is 15.3 Å². The number of aromatic nitrogens is 2. The second-order valence-electron chi connectivity index (χ2n) is 5.07. The third kappa shape index (κ3) is 3.49. The topological polar surface area (TPSA) is 102 Å². The monoisotopic (exact) mass is 328 g/mol. The van der Waals surface area contributed by atoms with Crippen LogP contribution in [0.2, 0.25) is 0 Å². The van der Waals surface area contributed by atoms with Gasteiger partial charge in [0, 0.05) is 6.54 Å². The molecule has 21 heavy (non-hydrogen) atoms. The van der Waals surface area contributed by atoms with Crippen LogP contribution in [0.4, 0.5) is 0 Å². The second kappa shape index (κ2) is 5.84. The molecule has 1 aliphatic heterocycles. The lowest BCUT2D eigenvalue weighted by molar-refractivity contribution is 0.203. The van der Waals surface area contributed by atoms with Crippen LogP contribution in [0.25, 0.3) is 10.8 Å². The molecule has 0 unspecified atom stereocenters. The van der Waals surface area contributed by atoms with Gasteiger partial charge in [-0.1, -0.05) is 6.07 Å². The summed E-state index contributed by atoms with van der Waals surface area (Å²) in [5.74, 6) is 0.994. The number of hydrogen-bond donors (Lipinski definition) is 1. The Kier molecular flexibility index (Phi) is 4.07. The predicted octanol–water partition coefficient (Wildman–Crippen LogP) is 1.05. The van der Waals surface area contributed by atoms with Crippen molar-refractivity contribution in [3.05, 3.63) is 23.4 Å². The molecule has 2 aromatic heterocycles. The van der Waals surface area contributed by atoms with E-state index >= 15 is 0 Å². The van der Waals surface area contributed by atoms with E-state index in [1.54, 1.807) is 0 Å². The van der Waals surface area contributed by atoms with Crippen molar-refractivity contribution >= 4 is 21.4 Å². The van der Waals surface area contributed by atoms with Crippen molar-refractivity contribution in [3.8, 4) is 10.8 Å². The first kappa shape index (κ1) is 14.6. The number of likely N-dealkylation sites (tertiary alicyclic amines) is 1. The third-order valence-corrected chi connectivity index (χ3v) is 5.66.